The number of carbonyl (C=O) groups is 1. The second-order valence-electron chi connectivity index (χ2n) is 7.14. The molecule has 1 N–H and O–H groups in total. The number of nitrogens with zero attached hydrogens (tertiary/aromatic N) is 1. The van der Waals surface area contributed by atoms with Crippen LogP contribution in [0, 0.1) is 11.6 Å². The van der Waals surface area contributed by atoms with Crippen LogP contribution in [0.3, 0.4) is 0 Å². The van der Waals surface area contributed by atoms with Crippen LogP contribution in [0.1, 0.15) is 19.8 Å². The van der Waals surface area contributed by atoms with E-state index in [1.54, 1.807) is 24.3 Å². The average molecular weight is 396 g/mol. The van der Waals surface area contributed by atoms with E-state index in [2.05, 4.69) is 10.3 Å². The molecule has 2 aromatic carbocycles. The highest BCUT2D eigenvalue weighted by Crippen LogP contribution is 2.51. The summed E-state index contributed by atoms with van der Waals surface area (Å²) < 4.78 is 38.3. The summed E-state index contributed by atoms with van der Waals surface area (Å²) in [5, 5.41) is 2.82. The molecule has 1 saturated carbocycles. The normalized spacial score (nSPS) is 15.8. The van der Waals surface area contributed by atoms with Crippen molar-refractivity contribution in [3.63, 3.8) is 0 Å². The van der Waals surface area contributed by atoms with Gasteiger partial charge in [-0.25, -0.2) is 13.8 Å². The highest BCUT2D eigenvalue weighted by molar-refractivity contribution is 6.01. The number of aromatic nitrogens is 1. The maximum atomic E-state index is 14.1. The second kappa shape index (κ2) is 6.55. The molecule has 7 heteroatoms. The molecule has 2 heterocycles. The van der Waals surface area contributed by atoms with Gasteiger partial charge in [0.05, 0.1) is 11.1 Å². The van der Waals surface area contributed by atoms with Gasteiger partial charge < -0.3 is 14.8 Å². The zero-order valence-corrected chi connectivity index (χ0v) is 15.2. The highest BCUT2D eigenvalue weighted by atomic mass is 19.1. The molecule has 0 bridgehead atoms. The van der Waals surface area contributed by atoms with Gasteiger partial charge in [-0.15, -0.1) is 0 Å². The maximum absolute atomic E-state index is 14.1. The summed E-state index contributed by atoms with van der Waals surface area (Å²) in [5.41, 5.74) is 0.486. The summed E-state index contributed by atoms with van der Waals surface area (Å²) in [5.74, 6) is 0.238. The zero-order valence-electron chi connectivity index (χ0n) is 15.2. The van der Waals surface area contributed by atoms with Gasteiger partial charge in [0.25, 0.3) is 0 Å². The Kier molecular flexibility index (Phi) is 3.97. The Morgan fingerprint density at radius 2 is 1.86 bits per heavy atom. The van der Waals surface area contributed by atoms with Crippen LogP contribution in [0.2, 0.25) is 0 Å². The van der Waals surface area contributed by atoms with Crippen molar-refractivity contribution < 1.29 is 24.5 Å². The van der Waals surface area contributed by atoms with E-state index < -0.39 is 17.0 Å². The molecule has 0 atom stereocenters. The van der Waals surface area contributed by atoms with Crippen molar-refractivity contribution >= 4 is 11.7 Å². The molecule has 1 aliphatic carbocycles. The lowest BCUT2D eigenvalue weighted by atomic mass is 9.94. The predicted molar refractivity (Wildman–Crippen MR) is 104 cm³/mol. The third-order valence-electron chi connectivity index (χ3n) is 5.30. The Bertz CT molecular complexity index is 1140. The number of halogens is 2. The molecule has 29 heavy (non-hydrogen) atoms. The fourth-order valence-electron chi connectivity index (χ4n) is 3.55. The van der Waals surface area contributed by atoms with Crippen LogP contribution in [-0.4, -0.2) is 17.7 Å². The summed E-state index contributed by atoms with van der Waals surface area (Å²) in [4.78, 5) is 17.3. The first-order valence-electron chi connectivity index (χ1n) is 9.19. The van der Waals surface area contributed by atoms with Gasteiger partial charge in [-0.05, 0) is 60.9 Å². The Morgan fingerprint density at radius 1 is 1.03 bits per heavy atom. The van der Waals surface area contributed by atoms with Crippen molar-refractivity contribution in [3.05, 3.63) is 71.8 Å². The van der Waals surface area contributed by atoms with Gasteiger partial charge in [0, 0.05) is 6.99 Å². The summed E-state index contributed by atoms with van der Waals surface area (Å²) in [6.45, 7) is 0.172. The lowest BCUT2D eigenvalue weighted by molar-refractivity contribution is -0.118. The van der Waals surface area contributed by atoms with Gasteiger partial charge in [0.15, 0.2) is 11.5 Å². The molecule has 1 fully saturated rings. The molecule has 1 amide bonds. The number of nitrogens with one attached hydrogen (secondary N) is 1. The molecular weight excluding hydrogens is 378 g/mol. The third kappa shape index (κ3) is 3.08. The number of benzene rings is 2. The highest BCUT2D eigenvalue weighted by Gasteiger charge is 2.51. The van der Waals surface area contributed by atoms with Crippen molar-refractivity contribution in [2.24, 2.45) is 0 Å². The Labute approximate surface area is 166 Å². The van der Waals surface area contributed by atoms with Crippen molar-refractivity contribution in [2.45, 2.75) is 18.3 Å². The Morgan fingerprint density at radius 3 is 2.69 bits per heavy atom. The Balaban J connectivity index is 0.00000218. The molecule has 0 spiro atoms. The van der Waals surface area contributed by atoms with Crippen LogP contribution in [0.5, 0.6) is 11.5 Å². The van der Waals surface area contributed by atoms with Crippen LogP contribution >= 0.6 is 0 Å². The number of pyridine rings is 1. The van der Waals surface area contributed by atoms with Crippen molar-refractivity contribution in [2.75, 3.05) is 12.1 Å². The quantitative estimate of drug-likeness (QED) is 0.696. The van der Waals surface area contributed by atoms with E-state index >= 15 is 0 Å². The standard InChI is InChI=1S/C22H16F2N2O3.H2/c23-14-5-6-16(24)15(11-14)17-2-1-3-20(25-17)26-21(27)22(8-9-22)13-4-7-18-19(10-13)29-12-28-18;/h1-7,10-11H,8-9,12H2,(H,25,26,27);1H. The number of carbonyl (C=O) groups excluding carboxylic acids is 1. The second-order valence-corrected chi connectivity index (χ2v) is 7.14. The van der Waals surface area contributed by atoms with E-state index in [0.717, 1.165) is 23.8 Å². The number of fused-ring (bicyclic) bond motifs is 1. The molecule has 5 rings (SSSR count). The predicted octanol–water partition coefficient (Wildman–Crippen LogP) is 4.67. The maximum Gasteiger partial charge on any atom is 0.236 e. The molecule has 3 aromatic rings. The zero-order chi connectivity index (χ0) is 20.0. The first-order valence-corrected chi connectivity index (χ1v) is 9.19. The van der Waals surface area contributed by atoms with Gasteiger partial charge in [0.1, 0.15) is 17.5 Å². The van der Waals surface area contributed by atoms with E-state index in [4.69, 9.17) is 9.47 Å². The van der Waals surface area contributed by atoms with E-state index in [0.29, 0.717) is 24.3 Å². The molecule has 5 nitrogen and oxygen atoms in total. The summed E-state index contributed by atoms with van der Waals surface area (Å²) in [6, 6.07) is 13.5. The minimum atomic E-state index is -0.650. The van der Waals surface area contributed by atoms with Crippen LogP contribution in [0.4, 0.5) is 14.6 Å². The lowest BCUT2D eigenvalue weighted by Gasteiger charge is -2.16. The van der Waals surface area contributed by atoms with Crippen LogP contribution < -0.4 is 14.8 Å². The number of ether oxygens (including phenoxy) is 2. The summed E-state index contributed by atoms with van der Waals surface area (Å²) >= 11 is 0. The largest absolute Gasteiger partial charge is 0.454 e. The molecular formula is C22H18F2N2O3. The van der Waals surface area contributed by atoms with Crippen molar-refractivity contribution in [1.29, 1.82) is 0 Å². The first kappa shape index (κ1) is 17.6. The average Bonchev–Trinajstić information content (AvgIpc) is 3.41. The van der Waals surface area contributed by atoms with Gasteiger partial charge >= 0.3 is 0 Å². The van der Waals surface area contributed by atoms with Crippen molar-refractivity contribution in [1.82, 2.24) is 4.98 Å². The summed E-state index contributed by atoms with van der Waals surface area (Å²) in [6.07, 6.45) is 1.41. The third-order valence-corrected chi connectivity index (χ3v) is 5.30. The van der Waals surface area contributed by atoms with Gasteiger partial charge in [-0.1, -0.05) is 12.1 Å². The number of amides is 1. The van der Waals surface area contributed by atoms with Crippen LogP contribution in [0.25, 0.3) is 11.3 Å². The monoisotopic (exact) mass is 396 g/mol. The fraction of sp³-hybridized carbons (Fsp3) is 0.182. The molecule has 0 saturated heterocycles. The minimum absolute atomic E-state index is 0. The van der Waals surface area contributed by atoms with E-state index in [1.807, 2.05) is 12.1 Å². The van der Waals surface area contributed by atoms with Gasteiger partial charge in [-0.3, -0.25) is 4.79 Å². The lowest BCUT2D eigenvalue weighted by Crippen LogP contribution is -2.28. The number of anilines is 1. The number of rotatable bonds is 4. The fourth-order valence-corrected chi connectivity index (χ4v) is 3.55. The summed E-state index contributed by atoms with van der Waals surface area (Å²) in [7, 11) is 0. The van der Waals surface area contributed by atoms with Crippen molar-refractivity contribution in [3.8, 4) is 22.8 Å². The molecule has 1 aliphatic heterocycles. The molecule has 0 unspecified atom stereocenters. The molecule has 1 aromatic heterocycles. The van der Waals surface area contributed by atoms with E-state index in [1.165, 1.54) is 0 Å². The Hall–Kier alpha value is -3.48. The number of hydrogen-bond acceptors (Lipinski definition) is 4. The SMILES string of the molecule is O=C(Nc1cccc(-c2cc(F)ccc2F)n1)C1(c2ccc3c(c2)OCO3)CC1.[HH]. The van der Waals surface area contributed by atoms with Gasteiger partial charge in [-0.2, -0.15) is 0 Å². The molecule has 0 radical (unpaired) electrons. The molecule has 148 valence electrons. The first-order chi connectivity index (χ1) is 14.0. The number of hydrogen-bond donors (Lipinski definition) is 1. The smallest absolute Gasteiger partial charge is 0.236 e. The van der Waals surface area contributed by atoms with Gasteiger partial charge in [0.2, 0.25) is 12.7 Å². The van der Waals surface area contributed by atoms with Crippen LogP contribution in [-0.2, 0) is 10.2 Å². The van der Waals surface area contributed by atoms with E-state index in [9.17, 15) is 13.6 Å². The van der Waals surface area contributed by atoms with Crippen LogP contribution in [0.15, 0.2) is 54.6 Å². The molecule has 2 aliphatic rings. The topological polar surface area (TPSA) is 60.5 Å². The van der Waals surface area contributed by atoms with E-state index in [-0.39, 0.29) is 31.2 Å². The minimum Gasteiger partial charge on any atom is -0.454 e.